The summed E-state index contributed by atoms with van der Waals surface area (Å²) in [6, 6.07) is 4.88. The van der Waals surface area contributed by atoms with Gasteiger partial charge < -0.3 is 15.8 Å². The highest BCUT2D eigenvalue weighted by atomic mass is 19.4. The van der Waals surface area contributed by atoms with E-state index in [1.165, 1.54) is 12.1 Å². The fourth-order valence-electron chi connectivity index (χ4n) is 3.02. The molecule has 2 unspecified atom stereocenters. The van der Waals surface area contributed by atoms with Crippen molar-refractivity contribution in [3.63, 3.8) is 0 Å². The number of carbonyl (C=O) groups excluding carboxylic acids is 1. The first-order valence-electron chi connectivity index (χ1n) is 7.87. The van der Waals surface area contributed by atoms with Crippen molar-refractivity contribution in [2.24, 2.45) is 11.1 Å². The van der Waals surface area contributed by atoms with Gasteiger partial charge in [-0.05, 0) is 24.6 Å². The molecule has 3 N–H and O–H groups in total. The van der Waals surface area contributed by atoms with Crippen LogP contribution in [0.3, 0.4) is 0 Å². The maximum Gasteiger partial charge on any atom is 0.416 e. The number of alkyl halides is 3. The SMILES string of the molecule is CCOC1CC(N)(C(=O)NCc2cccc(C(F)(F)F)c2)C1(C)C. The largest absolute Gasteiger partial charge is 0.416 e. The lowest BCUT2D eigenvalue weighted by molar-refractivity contribution is -0.170. The first kappa shape index (κ1) is 18.7. The van der Waals surface area contributed by atoms with Crippen LogP contribution in [-0.4, -0.2) is 24.2 Å². The Balaban J connectivity index is 2.02. The highest BCUT2D eigenvalue weighted by molar-refractivity contribution is 5.88. The molecular weight excluding hydrogens is 321 g/mol. The first-order chi connectivity index (χ1) is 11.0. The fourth-order valence-corrected chi connectivity index (χ4v) is 3.02. The quantitative estimate of drug-likeness (QED) is 0.863. The number of carbonyl (C=O) groups is 1. The molecule has 2 atom stereocenters. The summed E-state index contributed by atoms with van der Waals surface area (Å²) in [6.07, 6.45) is -4.12. The zero-order chi connectivity index (χ0) is 18.2. The van der Waals surface area contributed by atoms with Crippen molar-refractivity contribution in [1.29, 1.82) is 0 Å². The summed E-state index contributed by atoms with van der Waals surface area (Å²) in [6.45, 7) is 6.13. The molecule has 1 aromatic rings. The van der Waals surface area contributed by atoms with Gasteiger partial charge in [0.05, 0.1) is 11.7 Å². The standard InChI is InChI=1S/C17H23F3N2O2/c1-4-24-13-9-16(21,15(13,2)3)14(23)22-10-11-6-5-7-12(8-11)17(18,19)20/h5-8,13H,4,9-10,21H2,1-3H3,(H,22,23). The van der Waals surface area contributed by atoms with E-state index in [0.717, 1.165) is 12.1 Å². The Morgan fingerprint density at radius 2 is 2.08 bits per heavy atom. The van der Waals surface area contributed by atoms with Crippen molar-refractivity contribution >= 4 is 5.91 Å². The molecule has 0 aromatic heterocycles. The van der Waals surface area contributed by atoms with Crippen LogP contribution in [0.4, 0.5) is 13.2 Å². The predicted molar refractivity (Wildman–Crippen MR) is 84.0 cm³/mol. The summed E-state index contributed by atoms with van der Waals surface area (Å²) in [5.74, 6) is -0.374. The monoisotopic (exact) mass is 344 g/mol. The van der Waals surface area contributed by atoms with Crippen LogP contribution in [0.1, 0.15) is 38.3 Å². The van der Waals surface area contributed by atoms with Gasteiger partial charge in [0.2, 0.25) is 5.91 Å². The zero-order valence-electron chi connectivity index (χ0n) is 14.0. The molecule has 4 nitrogen and oxygen atoms in total. The number of amides is 1. The molecule has 0 bridgehead atoms. The van der Waals surface area contributed by atoms with Crippen LogP contribution in [0, 0.1) is 5.41 Å². The van der Waals surface area contributed by atoms with Crippen molar-refractivity contribution < 1.29 is 22.7 Å². The van der Waals surface area contributed by atoms with Crippen molar-refractivity contribution in [3.8, 4) is 0 Å². The molecule has 24 heavy (non-hydrogen) atoms. The van der Waals surface area contributed by atoms with E-state index in [2.05, 4.69) is 5.32 Å². The van der Waals surface area contributed by atoms with E-state index in [0.29, 0.717) is 18.6 Å². The Hall–Kier alpha value is -1.60. The highest BCUT2D eigenvalue weighted by Crippen LogP contribution is 2.49. The second-order valence-corrected chi connectivity index (χ2v) is 6.72. The van der Waals surface area contributed by atoms with Crippen molar-refractivity contribution in [1.82, 2.24) is 5.32 Å². The van der Waals surface area contributed by atoms with Crippen molar-refractivity contribution in [2.75, 3.05) is 6.61 Å². The molecule has 0 radical (unpaired) electrons. The molecule has 0 aliphatic heterocycles. The van der Waals surface area contributed by atoms with Gasteiger partial charge >= 0.3 is 6.18 Å². The van der Waals surface area contributed by atoms with Crippen LogP contribution >= 0.6 is 0 Å². The van der Waals surface area contributed by atoms with Crippen LogP contribution in [0.15, 0.2) is 24.3 Å². The summed E-state index contributed by atoms with van der Waals surface area (Å²) >= 11 is 0. The van der Waals surface area contributed by atoms with E-state index in [-0.39, 0.29) is 18.6 Å². The Morgan fingerprint density at radius 1 is 1.42 bits per heavy atom. The first-order valence-corrected chi connectivity index (χ1v) is 7.87. The van der Waals surface area contributed by atoms with Crippen LogP contribution < -0.4 is 11.1 Å². The molecule has 0 saturated heterocycles. The van der Waals surface area contributed by atoms with Gasteiger partial charge in [-0.25, -0.2) is 0 Å². The smallest absolute Gasteiger partial charge is 0.378 e. The van der Waals surface area contributed by atoms with E-state index in [4.69, 9.17) is 10.5 Å². The Kier molecular flexibility index (Phi) is 4.97. The molecule has 1 amide bonds. The lowest BCUT2D eigenvalue weighted by atomic mass is 9.54. The van der Waals surface area contributed by atoms with Gasteiger partial charge in [-0.2, -0.15) is 13.2 Å². The molecule has 1 saturated carbocycles. The van der Waals surface area contributed by atoms with Gasteiger partial charge in [0.15, 0.2) is 0 Å². The molecule has 1 aromatic carbocycles. The Bertz CT molecular complexity index is 616. The molecule has 0 heterocycles. The molecule has 134 valence electrons. The average Bonchev–Trinajstić information content (AvgIpc) is 2.51. The van der Waals surface area contributed by atoms with Gasteiger partial charge in [0.1, 0.15) is 5.54 Å². The summed E-state index contributed by atoms with van der Waals surface area (Å²) < 4.78 is 43.7. The number of nitrogens with two attached hydrogens (primary N) is 1. The number of hydrogen-bond donors (Lipinski definition) is 2. The lowest BCUT2D eigenvalue weighted by Gasteiger charge is -2.57. The maximum atomic E-state index is 12.7. The van der Waals surface area contributed by atoms with Crippen LogP contribution in [0.25, 0.3) is 0 Å². The second-order valence-electron chi connectivity index (χ2n) is 6.72. The molecule has 2 rings (SSSR count). The summed E-state index contributed by atoms with van der Waals surface area (Å²) in [7, 11) is 0. The third kappa shape index (κ3) is 3.28. The number of ether oxygens (including phenoxy) is 1. The minimum absolute atomic E-state index is 0.00289. The fraction of sp³-hybridized carbons (Fsp3) is 0.588. The van der Waals surface area contributed by atoms with Gasteiger partial charge in [0.25, 0.3) is 0 Å². The molecular formula is C17H23F3N2O2. The van der Waals surface area contributed by atoms with E-state index in [1.807, 2.05) is 20.8 Å². The second kappa shape index (κ2) is 6.37. The molecule has 0 spiro atoms. The normalized spacial score (nSPS) is 25.9. The van der Waals surface area contributed by atoms with Gasteiger partial charge in [-0.3, -0.25) is 4.79 Å². The summed E-state index contributed by atoms with van der Waals surface area (Å²) in [4.78, 5) is 12.5. The highest BCUT2D eigenvalue weighted by Gasteiger charge is 2.62. The average molecular weight is 344 g/mol. The van der Waals surface area contributed by atoms with E-state index < -0.39 is 22.7 Å². The zero-order valence-corrected chi connectivity index (χ0v) is 14.0. The lowest BCUT2D eigenvalue weighted by Crippen LogP contribution is -2.75. The number of benzene rings is 1. The summed E-state index contributed by atoms with van der Waals surface area (Å²) in [5, 5.41) is 2.65. The van der Waals surface area contributed by atoms with Crippen LogP contribution in [-0.2, 0) is 22.3 Å². The van der Waals surface area contributed by atoms with E-state index in [1.54, 1.807) is 0 Å². The van der Waals surface area contributed by atoms with Crippen molar-refractivity contribution in [3.05, 3.63) is 35.4 Å². The molecule has 1 fully saturated rings. The van der Waals surface area contributed by atoms with Crippen LogP contribution in [0.5, 0.6) is 0 Å². The number of rotatable bonds is 5. The third-order valence-electron chi connectivity index (χ3n) is 4.94. The molecule has 1 aliphatic carbocycles. The predicted octanol–water partition coefficient (Wildman–Crippen LogP) is 2.85. The Morgan fingerprint density at radius 3 is 2.62 bits per heavy atom. The maximum absolute atomic E-state index is 12.7. The minimum Gasteiger partial charge on any atom is -0.378 e. The molecule has 7 heteroatoms. The van der Waals surface area contributed by atoms with Crippen LogP contribution in [0.2, 0.25) is 0 Å². The topological polar surface area (TPSA) is 64.3 Å². The van der Waals surface area contributed by atoms with Gasteiger partial charge in [-0.15, -0.1) is 0 Å². The number of nitrogens with one attached hydrogen (secondary N) is 1. The Labute approximate surface area is 139 Å². The molecule has 1 aliphatic rings. The minimum atomic E-state index is -4.41. The number of halogens is 3. The summed E-state index contributed by atoms with van der Waals surface area (Å²) in [5.41, 5.74) is 4.24. The van der Waals surface area contributed by atoms with Gasteiger partial charge in [0, 0.05) is 25.0 Å². The van der Waals surface area contributed by atoms with Crippen molar-refractivity contribution in [2.45, 2.75) is 51.6 Å². The van der Waals surface area contributed by atoms with E-state index in [9.17, 15) is 18.0 Å². The third-order valence-corrected chi connectivity index (χ3v) is 4.94. The van der Waals surface area contributed by atoms with E-state index >= 15 is 0 Å². The number of hydrogen-bond acceptors (Lipinski definition) is 3. The van der Waals surface area contributed by atoms with Gasteiger partial charge in [-0.1, -0.05) is 26.0 Å².